The zero-order chi connectivity index (χ0) is 12.7. The molecule has 2 aromatic carbocycles. The summed E-state index contributed by atoms with van der Waals surface area (Å²) >= 11 is 0. The van der Waals surface area contributed by atoms with Gasteiger partial charge in [0, 0.05) is 5.56 Å². The molecule has 0 bridgehead atoms. The van der Waals surface area contributed by atoms with Crippen molar-refractivity contribution in [2.24, 2.45) is 0 Å². The van der Waals surface area contributed by atoms with Crippen LogP contribution < -0.4 is 5.73 Å². The standard InChI is InChI=1S/C15H15N3/c1-9-6-7-10(2)11(8-9)15-17-13-5-3-4-12(16)14(13)18-15/h3-8H,16H2,1-2H3,(H,17,18). The van der Waals surface area contributed by atoms with E-state index in [1.54, 1.807) is 0 Å². The number of aromatic amines is 1. The van der Waals surface area contributed by atoms with E-state index in [1.807, 2.05) is 18.2 Å². The zero-order valence-corrected chi connectivity index (χ0v) is 10.5. The van der Waals surface area contributed by atoms with Crippen molar-refractivity contribution >= 4 is 16.7 Å². The molecular formula is C15H15N3. The van der Waals surface area contributed by atoms with Gasteiger partial charge in [0.05, 0.1) is 11.2 Å². The third-order valence-corrected chi connectivity index (χ3v) is 3.19. The van der Waals surface area contributed by atoms with E-state index in [-0.39, 0.29) is 0 Å². The Bertz CT molecular complexity index is 726. The highest BCUT2D eigenvalue weighted by Crippen LogP contribution is 2.26. The van der Waals surface area contributed by atoms with E-state index in [2.05, 4.69) is 42.0 Å². The molecule has 1 aromatic heterocycles. The minimum absolute atomic E-state index is 0.709. The van der Waals surface area contributed by atoms with Gasteiger partial charge in [-0.05, 0) is 37.6 Å². The number of anilines is 1. The number of fused-ring (bicyclic) bond motifs is 1. The van der Waals surface area contributed by atoms with Crippen LogP contribution in [0.2, 0.25) is 0 Å². The van der Waals surface area contributed by atoms with Gasteiger partial charge >= 0.3 is 0 Å². The van der Waals surface area contributed by atoms with E-state index in [9.17, 15) is 0 Å². The molecule has 0 aliphatic carbocycles. The van der Waals surface area contributed by atoms with Crippen LogP contribution in [0.3, 0.4) is 0 Å². The number of hydrogen-bond acceptors (Lipinski definition) is 2. The minimum Gasteiger partial charge on any atom is -0.397 e. The molecule has 0 aliphatic rings. The van der Waals surface area contributed by atoms with Crippen molar-refractivity contribution in [1.82, 2.24) is 9.97 Å². The second-order valence-corrected chi connectivity index (χ2v) is 4.65. The summed E-state index contributed by atoms with van der Waals surface area (Å²) in [4.78, 5) is 7.93. The first-order chi connectivity index (χ1) is 8.65. The first-order valence-corrected chi connectivity index (χ1v) is 5.97. The summed E-state index contributed by atoms with van der Waals surface area (Å²) < 4.78 is 0. The third-order valence-electron chi connectivity index (χ3n) is 3.19. The Morgan fingerprint density at radius 3 is 2.72 bits per heavy atom. The van der Waals surface area contributed by atoms with Crippen LogP contribution in [-0.2, 0) is 0 Å². The lowest BCUT2D eigenvalue weighted by Crippen LogP contribution is -1.87. The number of aryl methyl sites for hydroxylation is 2. The van der Waals surface area contributed by atoms with Gasteiger partial charge in [0.1, 0.15) is 11.3 Å². The smallest absolute Gasteiger partial charge is 0.138 e. The predicted octanol–water partition coefficient (Wildman–Crippen LogP) is 3.43. The molecule has 3 rings (SSSR count). The Labute approximate surface area is 106 Å². The summed E-state index contributed by atoms with van der Waals surface area (Å²) in [5.74, 6) is 0.879. The van der Waals surface area contributed by atoms with E-state index < -0.39 is 0 Å². The second-order valence-electron chi connectivity index (χ2n) is 4.65. The Kier molecular flexibility index (Phi) is 2.33. The van der Waals surface area contributed by atoms with Crippen molar-refractivity contribution in [2.45, 2.75) is 13.8 Å². The van der Waals surface area contributed by atoms with Gasteiger partial charge in [0.2, 0.25) is 0 Å². The number of nitrogens with zero attached hydrogens (tertiary/aromatic N) is 1. The summed E-state index contributed by atoms with van der Waals surface area (Å²) in [6, 6.07) is 12.2. The molecule has 0 fully saturated rings. The lowest BCUT2D eigenvalue weighted by atomic mass is 10.1. The highest BCUT2D eigenvalue weighted by Gasteiger charge is 2.09. The van der Waals surface area contributed by atoms with Crippen LogP contribution in [0.4, 0.5) is 5.69 Å². The van der Waals surface area contributed by atoms with E-state index >= 15 is 0 Å². The van der Waals surface area contributed by atoms with E-state index in [0.717, 1.165) is 22.4 Å². The van der Waals surface area contributed by atoms with Crippen molar-refractivity contribution in [3.8, 4) is 11.4 Å². The van der Waals surface area contributed by atoms with Crippen molar-refractivity contribution in [3.63, 3.8) is 0 Å². The molecule has 0 aliphatic heterocycles. The number of benzene rings is 2. The molecule has 1 heterocycles. The van der Waals surface area contributed by atoms with Crippen molar-refractivity contribution in [1.29, 1.82) is 0 Å². The highest BCUT2D eigenvalue weighted by atomic mass is 14.9. The number of nitrogens with two attached hydrogens (primary N) is 1. The van der Waals surface area contributed by atoms with E-state index in [1.165, 1.54) is 11.1 Å². The van der Waals surface area contributed by atoms with Gasteiger partial charge in [-0.1, -0.05) is 23.8 Å². The van der Waals surface area contributed by atoms with Gasteiger partial charge in [0.15, 0.2) is 0 Å². The van der Waals surface area contributed by atoms with Crippen LogP contribution in [0, 0.1) is 13.8 Å². The number of hydrogen-bond donors (Lipinski definition) is 2. The molecule has 0 radical (unpaired) electrons. The first kappa shape index (κ1) is 10.8. The monoisotopic (exact) mass is 237 g/mol. The molecule has 3 nitrogen and oxygen atoms in total. The first-order valence-electron chi connectivity index (χ1n) is 5.97. The van der Waals surface area contributed by atoms with E-state index in [0.29, 0.717) is 5.69 Å². The summed E-state index contributed by atoms with van der Waals surface area (Å²) in [5, 5.41) is 0. The number of imidazole rings is 1. The largest absolute Gasteiger partial charge is 0.397 e. The molecule has 3 N–H and O–H groups in total. The molecule has 0 atom stereocenters. The fourth-order valence-electron chi connectivity index (χ4n) is 2.17. The predicted molar refractivity (Wildman–Crippen MR) is 75.4 cm³/mol. The summed E-state index contributed by atoms with van der Waals surface area (Å²) in [5.41, 5.74) is 12.0. The van der Waals surface area contributed by atoms with Crippen molar-refractivity contribution in [2.75, 3.05) is 5.73 Å². The Hall–Kier alpha value is -2.29. The maximum Gasteiger partial charge on any atom is 0.138 e. The Morgan fingerprint density at radius 1 is 1.11 bits per heavy atom. The average Bonchev–Trinajstić information content (AvgIpc) is 2.77. The van der Waals surface area contributed by atoms with Crippen molar-refractivity contribution < 1.29 is 0 Å². The molecule has 0 amide bonds. The molecule has 0 saturated carbocycles. The van der Waals surface area contributed by atoms with Gasteiger partial charge in [0.25, 0.3) is 0 Å². The number of rotatable bonds is 1. The molecule has 0 unspecified atom stereocenters. The second kappa shape index (κ2) is 3.88. The maximum absolute atomic E-state index is 5.93. The van der Waals surface area contributed by atoms with Crippen LogP contribution in [0.1, 0.15) is 11.1 Å². The SMILES string of the molecule is Cc1ccc(C)c(-c2nc3c(N)cccc3[nH]2)c1. The number of aromatic nitrogens is 2. The average molecular weight is 237 g/mol. The summed E-state index contributed by atoms with van der Waals surface area (Å²) in [7, 11) is 0. The molecule has 3 aromatic rings. The molecule has 90 valence electrons. The molecular weight excluding hydrogens is 222 g/mol. The molecule has 0 saturated heterocycles. The van der Waals surface area contributed by atoms with Gasteiger partial charge in [-0.25, -0.2) is 4.98 Å². The topological polar surface area (TPSA) is 54.7 Å². The van der Waals surface area contributed by atoms with Crippen LogP contribution >= 0.6 is 0 Å². The lowest BCUT2D eigenvalue weighted by molar-refractivity contribution is 1.29. The van der Waals surface area contributed by atoms with Crippen LogP contribution in [0.15, 0.2) is 36.4 Å². The molecule has 18 heavy (non-hydrogen) atoms. The van der Waals surface area contributed by atoms with Gasteiger partial charge in [-0.15, -0.1) is 0 Å². The van der Waals surface area contributed by atoms with E-state index in [4.69, 9.17) is 5.73 Å². The van der Waals surface area contributed by atoms with Crippen LogP contribution in [0.25, 0.3) is 22.4 Å². The Balaban J connectivity index is 2.26. The van der Waals surface area contributed by atoms with Gasteiger partial charge in [-0.2, -0.15) is 0 Å². The normalized spacial score (nSPS) is 11.0. The number of H-pyrrole nitrogens is 1. The molecule has 0 spiro atoms. The number of para-hydroxylation sites is 1. The van der Waals surface area contributed by atoms with Crippen molar-refractivity contribution in [3.05, 3.63) is 47.5 Å². The lowest BCUT2D eigenvalue weighted by Gasteiger charge is -2.03. The van der Waals surface area contributed by atoms with Crippen LogP contribution in [0.5, 0.6) is 0 Å². The maximum atomic E-state index is 5.93. The summed E-state index contributed by atoms with van der Waals surface area (Å²) in [6.45, 7) is 4.17. The molecule has 3 heteroatoms. The highest BCUT2D eigenvalue weighted by molar-refractivity contribution is 5.89. The van der Waals surface area contributed by atoms with Crippen LogP contribution in [-0.4, -0.2) is 9.97 Å². The number of nitrogen functional groups attached to an aromatic ring is 1. The Morgan fingerprint density at radius 2 is 1.94 bits per heavy atom. The zero-order valence-electron chi connectivity index (χ0n) is 10.5. The fourth-order valence-corrected chi connectivity index (χ4v) is 2.17. The van der Waals surface area contributed by atoms with Gasteiger partial charge in [-0.3, -0.25) is 0 Å². The quantitative estimate of drug-likeness (QED) is 0.637. The third kappa shape index (κ3) is 1.64. The summed E-state index contributed by atoms with van der Waals surface area (Å²) in [6.07, 6.45) is 0. The number of nitrogens with one attached hydrogen (secondary N) is 1. The van der Waals surface area contributed by atoms with Gasteiger partial charge < -0.3 is 10.7 Å². The minimum atomic E-state index is 0.709. The fraction of sp³-hybridized carbons (Fsp3) is 0.133.